The Morgan fingerprint density at radius 2 is 2.05 bits per heavy atom. The lowest BCUT2D eigenvalue weighted by Gasteiger charge is -2.36. The van der Waals surface area contributed by atoms with Gasteiger partial charge in [-0.3, -0.25) is 4.90 Å². The van der Waals surface area contributed by atoms with Gasteiger partial charge in [0.25, 0.3) is 0 Å². The van der Waals surface area contributed by atoms with Crippen LogP contribution in [-0.2, 0) is 0 Å². The molecule has 1 saturated heterocycles. The monoisotopic (exact) mass is 260 g/mol. The Morgan fingerprint density at radius 1 is 1.26 bits per heavy atom. The predicted molar refractivity (Wildman–Crippen MR) is 82.3 cm³/mol. The van der Waals surface area contributed by atoms with Gasteiger partial charge in [0.1, 0.15) is 0 Å². The van der Waals surface area contributed by atoms with Crippen LogP contribution in [-0.4, -0.2) is 24.0 Å². The highest BCUT2D eigenvalue weighted by molar-refractivity contribution is 5.31. The summed E-state index contributed by atoms with van der Waals surface area (Å²) in [6, 6.07) is 7.53. The smallest absolute Gasteiger partial charge is 0.0424 e. The van der Waals surface area contributed by atoms with E-state index in [1.165, 1.54) is 48.9 Å². The maximum atomic E-state index is 6.42. The second kappa shape index (κ2) is 6.53. The first-order valence-electron chi connectivity index (χ1n) is 7.68. The molecule has 0 bridgehead atoms. The van der Waals surface area contributed by atoms with Crippen LogP contribution in [0.25, 0.3) is 0 Å². The minimum absolute atomic E-state index is 0.145. The summed E-state index contributed by atoms with van der Waals surface area (Å²) in [7, 11) is 0. The molecule has 1 aliphatic heterocycles. The first-order chi connectivity index (χ1) is 9.11. The molecule has 0 aliphatic carbocycles. The van der Waals surface area contributed by atoms with Crippen molar-refractivity contribution in [3.05, 3.63) is 34.9 Å². The lowest BCUT2D eigenvalue weighted by molar-refractivity contribution is 0.136. The largest absolute Gasteiger partial charge is 0.323 e. The van der Waals surface area contributed by atoms with Crippen LogP contribution in [0.4, 0.5) is 0 Å². The van der Waals surface area contributed by atoms with Crippen molar-refractivity contribution >= 4 is 0 Å². The first kappa shape index (κ1) is 14.5. The summed E-state index contributed by atoms with van der Waals surface area (Å²) < 4.78 is 0. The summed E-state index contributed by atoms with van der Waals surface area (Å²) in [5.74, 6) is 0. The molecule has 0 radical (unpaired) electrons. The van der Waals surface area contributed by atoms with Crippen LogP contribution in [0.3, 0.4) is 0 Å². The molecule has 0 aromatic heterocycles. The van der Waals surface area contributed by atoms with Crippen LogP contribution in [0.2, 0.25) is 0 Å². The van der Waals surface area contributed by atoms with Gasteiger partial charge in [0.2, 0.25) is 0 Å². The molecule has 2 heteroatoms. The molecule has 2 nitrogen and oxygen atoms in total. The molecule has 1 fully saturated rings. The number of rotatable bonds is 4. The van der Waals surface area contributed by atoms with E-state index in [4.69, 9.17) is 5.73 Å². The fourth-order valence-corrected chi connectivity index (χ4v) is 3.12. The quantitative estimate of drug-likeness (QED) is 0.896. The van der Waals surface area contributed by atoms with E-state index in [0.717, 1.165) is 12.6 Å². The molecule has 0 saturated carbocycles. The summed E-state index contributed by atoms with van der Waals surface area (Å²) in [6.45, 7) is 8.84. The summed E-state index contributed by atoms with van der Waals surface area (Å²) >= 11 is 0. The third-order valence-corrected chi connectivity index (χ3v) is 4.61. The number of likely N-dealkylation sites (tertiary alicyclic amines) is 1. The normalized spacial score (nSPS) is 22.4. The summed E-state index contributed by atoms with van der Waals surface area (Å²) in [4.78, 5) is 2.60. The van der Waals surface area contributed by atoms with Gasteiger partial charge in [0.15, 0.2) is 0 Å². The van der Waals surface area contributed by atoms with Crippen molar-refractivity contribution < 1.29 is 0 Å². The molecule has 2 unspecified atom stereocenters. The maximum Gasteiger partial charge on any atom is 0.0424 e. The van der Waals surface area contributed by atoms with Crippen molar-refractivity contribution in [1.82, 2.24) is 4.90 Å². The van der Waals surface area contributed by atoms with Crippen molar-refractivity contribution in [3.8, 4) is 0 Å². The number of nitrogens with two attached hydrogens (primary N) is 1. The van der Waals surface area contributed by atoms with Gasteiger partial charge in [-0.15, -0.1) is 0 Å². The van der Waals surface area contributed by atoms with Crippen molar-refractivity contribution in [3.63, 3.8) is 0 Å². The van der Waals surface area contributed by atoms with E-state index in [1.54, 1.807) is 0 Å². The lowest BCUT2D eigenvalue weighted by atomic mass is 9.97. The Labute approximate surface area is 118 Å². The van der Waals surface area contributed by atoms with Gasteiger partial charge in [0.05, 0.1) is 0 Å². The van der Waals surface area contributed by atoms with E-state index in [-0.39, 0.29) is 6.04 Å². The van der Waals surface area contributed by atoms with Crippen molar-refractivity contribution in [1.29, 1.82) is 0 Å². The molecule has 1 aromatic rings. The van der Waals surface area contributed by atoms with Gasteiger partial charge in [-0.1, -0.05) is 31.5 Å². The number of hydrogen-bond donors (Lipinski definition) is 1. The zero-order valence-electron chi connectivity index (χ0n) is 12.7. The van der Waals surface area contributed by atoms with Gasteiger partial charge in [-0.25, -0.2) is 0 Å². The number of hydrogen-bond acceptors (Lipinski definition) is 2. The average Bonchev–Trinajstić information content (AvgIpc) is 2.42. The molecule has 2 rings (SSSR count). The minimum Gasteiger partial charge on any atom is -0.323 e. The number of benzene rings is 1. The third kappa shape index (κ3) is 3.58. The van der Waals surface area contributed by atoms with E-state index in [1.807, 2.05) is 0 Å². The highest BCUT2D eigenvalue weighted by Gasteiger charge is 2.22. The molecule has 106 valence electrons. The number of aryl methyl sites for hydroxylation is 2. The van der Waals surface area contributed by atoms with E-state index in [9.17, 15) is 0 Å². The Bertz CT molecular complexity index is 414. The zero-order chi connectivity index (χ0) is 13.8. The van der Waals surface area contributed by atoms with Crippen molar-refractivity contribution in [2.75, 3.05) is 13.1 Å². The second-order valence-electron chi connectivity index (χ2n) is 6.00. The van der Waals surface area contributed by atoms with Crippen molar-refractivity contribution in [2.24, 2.45) is 5.73 Å². The Hall–Kier alpha value is -0.860. The fourth-order valence-electron chi connectivity index (χ4n) is 3.12. The maximum absolute atomic E-state index is 6.42. The van der Waals surface area contributed by atoms with Gasteiger partial charge < -0.3 is 5.73 Å². The second-order valence-corrected chi connectivity index (χ2v) is 6.00. The number of nitrogens with zero attached hydrogens (tertiary/aromatic N) is 1. The van der Waals surface area contributed by atoms with Crippen molar-refractivity contribution in [2.45, 2.75) is 58.5 Å². The molecule has 1 heterocycles. The van der Waals surface area contributed by atoms with Crippen LogP contribution in [0.5, 0.6) is 0 Å². The third-order valence-electron chi connectivity index (χ3n) is 4.61. The topological polar surface area (TPSA) is 29.3 Å². The molecule has 2 N–H and O–H groups in total. The lowest BCUT2D eigenvalue weighted by Crippen LogP contribution is -2.43. The van der Waals surface area contributed by atoms with E-state index in [0.29, 0.717) is 0 Å². The molecule has 0 amide bonds. The Morgan fingerprint density at radius 3 is 2.74 bits per heavy atom. The van der Waals surface area contributed by atoms with Gasteiger partial charge in [-0.2, -0.15) is 0 Å². The van der Waals surface area contributed by atoms with Crippen LogP contribution in [0.15, 0.2) is 18.2 Å². The standard InChI is InChI=1S/C17H28N2/c1-4-16-7-5-6-10-19(16)12-17(18)15-9-8-13(2)14(3)11-15/h8-9,11,16-17H,4-7,10,12,18H2,1-3H3. The summed E-state index contributed by atoms with van der Waals surface area (Å²) in [6.07, 6.45) is 5.31. The minimum atomic E-state index is 0.145. The average molecular weight is 260 g/mol. The van der Waals surface area contributed by atoms with E-state index >= 15 is 0 Å². The van der Waals surface area contributed by atoms with Gasteiger partial charge in [0, 0.05) is 18.6 Å². The molecule has 0 spiro atoms. The summed E-state index contributed by atoms with van der Waals surface area (Å²) in [5.41, 5.74) is 10.4. The molecule has 2 atom stereocenters. The Kier molecular flexibility index (Phi) is 5.00. The van der Waals surface area contributed by atoms with Crippen LogP contribution in [0.1, 0.15) is 55.3 Å². The van der Waals surface area contributed by atoms with Gasteiger partial charge >= 0.3 is 0 Å². The Balaban J connectivity index is 2.02. The van der Waals surface area contributed by atoms with E-state index in [2.05, 4.69) is 43.9 Å². The molecular weight excluding hydrogens is 232 g/mol. The highest BCUT2D eigenvalue weighted by atomic mass is 15.2. The first-order valence-corrected chi connectivity index (χ1v) is 7.68. The molecule has 19 heavy (non-hydrogen) atoms. The molecule has 1 aromatic carbocycles. The van der Waals surface area contributed by atoms with Gasteiger partial charge in [-0.05, 0) is 56.3 Å². The zero-order valence-corrected chi connectivity index (χ0v) is 12.7. The SMILES string of the molecule is CCC1CCCCN1CC(N)c1ccc(C)c(C)c1. The van der Waals surface area contributed by atoms with Crippen LogP contribution < -0.4 is 5.73 Å². The van der Waals surface area contributed by atoms with E-state index < -0.39 is 0 Å². The molecular formula is C17H28N2. The van der Waals surface area contributed by atoms with Crippen LogP contribution in [0, 0.1) is 13.8 Å². The fraction of sp³-hybridized carbons (Fsp3) is 0.647. The predicted octanol–water partition coefficient (Wildman–Crippen LogP) is 3.57. The number of piperidine rings is 1. The summed E-state index contributed by atoms with van der Waals surface area (Å²) in [5, 5.41) is 0. The molecule has 1 aliphatic rings. The highest BCUT2D eigenvalue weighted by Crippen LogP contribution is 2.23. The van der Waals surface area contributed by atoms with Crippen LogP contribution >= 0.6 is 0 Å².